The van der Waals surface area contributed by atoms with Crippen molar-refractivity contribution in [3.63, 3.8) is 0 Å². The first-order chi connectivity index (χ1) is 13.9. The van der Waals surface area contributed by atoms with E-state index in [0.29, 0.717) is 12.5 Å². The number of anilines is 1. The number of nitrogens with one attached hydrogen (secondary N) is 3. The average Bonchev–Trinajstić information content (AvgIpc) is 2.73. The number of aliphatic imine (C=N–C) groups is 1. The van der Waals surface area contributed by atoms with Crippen molar-refractivity contribution in [1.82, 2.24) is 15.4 Å². The Balaban J connectivity index is 1.85. The normalized spacial score (nSPS) is 11.9. The van der Waals surface area contributed by atoms with E-state index in [1.54, 1.807) is 31.3 Å². The summed E-state index contributed by atoms with van der Waals surface area (Å²) in [7, 11) is -0.276. The molecule has 0 bridgehead atoms. The molecule has 0 spiro atoms. The molecule has 0 aromatic heterocycles. The number of aryl methyl sites for hydroxylation is 1. The highest BCUT2D eigenvalue weighted by Crippen LogP contribution is 2.15. The molecule has 2 aromatic rings. The number of likely N-dealkylation sites (N-methyl/N-ethyl adjacent to an activating group) is 1. The highest BCUT2D eigenvalue weighted by molar-refractivity contribution is 7.89. The number of rotatable bonds is 9. The molecule has 0 amide bonds. The quantitative estimate of drug-likeness (QED) is 0.430. The molecule has 3 N–H and O–H groups in total. The number of hydrogen-bond donors (Lipinski definition) is 3. The molecule has 0 fully saturated rings. The monoisotopic (exact) mass is 417 g/mol. The molecule has 0 saturated carbocycles. The third-order valence-electron chi connectivity index (χ3n) is 4.61. The first kappa shape index (κ1) is 22.7. The Labute approximate surface area is 174 Å². The van der Waals surface area contributed by atoms with Crippen molar-refractivity contribution < 1.29 is 8.42 Å². The summed E-state index contributed by atoms with van der Waals surface area (Å²) in [5.41, 5.74) is 3.44. The molecule has 0 heterocycles. The Morgan fingerprint density at radius 1 is 1.10 bits per heavy atom. The maximum atomic E-state index is 11.8. The Bertz CT molecular complexity index is 911. The number of benzene rings is 2. The minimum atomic E-state index is -3.41. The first-order valence-electron chi connectivity index (χ1n) is 9.68. The topological polar surface area (TPSA) is 85.8 Å². The van der Waals surface area contributed by atoms with Crippen molar-refractivity contribution >= 4 is 21.7 Å². The second kappa shape index (κ2) is 10.8. The van der Waals surface area contributed by atoms with Gasteiger partial charge in [-0.25, -0.2) is 13.1 Å². The summed E-state index contributed by atoms with van der Waals surface area (Å²) >= 11 is 0. The van der Waals surface area contributed by atoms with E-state index >= 15 is 0 Å². The zero-order chi connectivity index (χ0) is 21.3. The molecule has 0 unspecified atom stereocenters. The molecular weight excluding hydrogens is 386 g/mol. The standard InChI is InChI=1S/C21H31N5O2S/c1-5-26(19-8-6-7-17(2)15-19)14-13-24-21(22-3)25-16-18-9-11-20(12-10-18)29(27,28)23-4/h6-12,15,23H,5,13-14,16H2,1-4H3,(H2,22,24,25). The molecule has 0 saturated heterocycles. The van der Waals surface area contributed by atoms with Gasteiger partial charge in [-0.2, -0.15) is 0 Å². The van der Waals surface area contributed by atoms with Crippen LogP contribution in [0.25, 0.3) is 0 Å². The molecule has 0 aliphatic rings. The van der Waals surface area contributed by atoms with E-state index in [4.69, 9.17) is 0 Å². The molecule has 29 heavy (non-hydrogen) atoms. The van der Waals surface area contributed by atoms with Crippen LogP contribution in [0.2, 0.25) is 0 Å². The Kier molecular flexibility index (Phi) is 8.48. The number of nitrogens with zero attached hydrogens (tertiary/aromatic N) is 2. The van der Waals surface area contributed by atoms with E-state index in [1.807, 2.05) is 0 Å². The minimum Gasteiger partial charge on any atom is -0.370 e. The highest BCUT2D eigenvalue weighted by atomic mass is 32.2. The second-order valence-corrected chi connectivity index (χ2v) is 8.51. The summed E-state index contributed by atoms with van der Waals surface area (Å²) in [4.78, 5) is 6.82. The van der Waals surface area contributed by atoms with Gasteiger partial charge in [0.15, 0.2) is 5.96 Å². The van der Waals surface area contributed by atoms with Crippen LogP contribution < -0.4 is 20.3 Å². The molecular formula is C21H31N5O2S. The first-order valence-corrected chi connectivity index (χ1v) is 11.2. The fraction of sp³-hybridized carbons (Fsp3) is 0.381. The van der Waals surface area contributed by atoms with Gasteiger partial charge in [0.05, 0.1) is 4.90 Å². The van der Waals surface area contributed by atoms with Gasteiger partial charge in [0.2, 0.25) is 10.0 Å². The van der Waals surface area contributed by atoms with Crippen molar-refractivity contribution in [3.05, 3.63) is 59.7 Å². The SMILES string of the molecule is CCN(CCNC(=NC)NCc1ccc(S(=O)(=O)NC)cc1)c1cccc(C)c1. The lowest BCUT2D eigenvalue weighted by Gasteiger charge is -2.24. The lowest BCUT2D eigenvalue weighted by molar-refractivity contribution is 0.588. The van der Waals surface area contributed by atoms with Gasteiger partial charge in [-0.1, -0.05) is 24.3 Å². The van der Waals surface area contributed by atoms with E-state index in [0.717, 1.165) is 25.2 Å². The molecule has 0 aliphatic heterocycles. The molecule has 0 atom stereocenters. The Hall–Kier alpha value is -2.58. The smallest absolute Gasteiger partial charge is 0.240 e. The van der Waals surface area contributed by atoms with Crippen LogP contribution in [0.3, 0.4) is 0 Å². The van der Waals surface area contributed by atoms with E-state index in [-0.39, 0.29) is 4.90 Å². The summed E-state index contributed by atoms with van der Waals surface area (Å²) in [6, 6.07) is 15.3. The fourth-order valence-corrected chi connectivity index (χ4v) is 3.64. The molecule has 2 rings (SSSR count). The predicted octanol–water partition coefficient (Wildman–Crippen LogP) is 2.09. The van der Waals surface area contributed by atoms with E-state index < -0.39 is 10.0 Å². The van der Waals surface area contributed by atoms with E-state index in [1.165, 1.54) is 18.3 Å². The lowest BCUT2D eigenvalue weighted by Crippen LogP contribution is -2.41. The van der Waals surface area contributed by atoms with Crippen molar-refractivity contribution in [2.45, 2.75) is 25.3 Å². The molecule has 7 nitrogen and oxygen atoms in total. The van der Waals surface area contributed by atoms with Crippen molar-refractivity contribution in [1.29, 1.82) is 0 Å². The zero-order valence-corrected chi connectivity index (χ0v) is 18.4. The van der Waals surface area contributed by atoms with Gasteiger partial charge in [-0.05, 0) is 56.3 Å². The van der Waals surface area contributed by atoms with Crippen LogP contribution in [-0.2, 0) is 16.6 Å². The van der Waals surface area contributed by atoms with Gasteiger partial charge in [-0.15, -0.1) is 0 Å². The molecule has 158 valence electrons. The number of hydrogen-bond acceptors (Lipinski definition) is 4. The maximum Gasteiger partial charge on any atom is 0.240 e. The summed E-state index contributed by atoms with van der Waals surface area (Å²) in [6.45, 7) is 7.33. The Morgan fingerprint density at radius 2 is 1.83 bits per heavy atom. The molecule has 8 heteroatoms. The number of guanidine groups is 1. The summed E-state index contributed by atoms with van der Waals surface area (Å²) in [5.74, 6) is 0.706. The van der Waals surface area contributed by atoms with Crippen LogP contribution in [0.4, 0.5) is 5.69 Å². The van der Waals surface area contributed by atoms with Gasteiger partial charge in [0.1, 0.15) is 0 Å². The summed E-state index contributed by atoms with van der Waals surface area (Å²) in [6.07, 6.45) is 0. The summed E-state index contributed by atoms with van der Waals surface area (Å²) in [5, 5.41) is 6.58. The van der Waals surface area contributed by atoms with Crippen LogP contribution in [0.5, 0.6) is 0 Å². The van der Waals surface area contributed by atoms with Crippen LogP contribution in [-0.4, -0.2) is 48.1 Å². The second-order valence-electron chi connectivity index (χ2n) is 6.62. The Morgan fingerprint density at radius 3 is 2.41 bits per heavy atom. The van der Waals surface area contributed by atoms with Gasteiger partial charge in [0, 0.05) is 38.9 Å². The van der Waals surface area contributed by atoms with Gasteiger partial charge < -0.3 is 15.5 Å². The van der Waals surface area contributed by atoms with Gasteiger partial charge in [-0.3, -0.25) is 4.99 Å². The maximum absolute atomic E-state index is 11.8. The number of sulfonamides is 1. The predicted molar refractivity (Wildman–Crippen MR) is 120 cm³/mol. The zero-order valence-electron chi connectivity index (χ0n) is 17.6. The van der Waals surface area contributed by atoms with Crippen LogP contribution >= 0.6 is 0 Å². The molecule has 2 aromatic carbocycles. The van der Waals surface area contributed by atoms with Crippen LogP contribution in [0, 0.1) is 6.92 Å². The van der Waals surface area contributed by atoms with E-state index in [2.05, 4.69) is 63.4 Å². The highest BCUT2D eigenvalue weighted by Gasteiger charge is 2.10. The van der Waals surface area contributed by atoms with Gasteiger partial charge >= 0.3 is 0 Å². The third kappa shape index (κ3) is 6.76. The van der Waals surface area contributed by atoms with Crippen molar-refractivity contribution in [2.75, 3.05) is 38.6 Å². The fourth-order valence-electron chi connectivity index (χ4n) is 2.91. The largest absolute Gasteiger partial charge is 0.370 e. The van der Waals surface area contributed by atoms with Crippen LogP contribution in [0.15, 0.2) is 58.4 Å². The molecule has 0 aliphatic carbocycles. The van der Waals surface area contributed by atoms with Crippen LogP contribution in [0.1, 0.15) is 18.1 Å². The van der Waals surface area contributed by atoms with E-state index in [9.17, 15) is 8.42 Å². The summed E-state index contributed by atoms with van der Waals surface area (Å²) < 4.78 is 25.9. The minimum absolute atomic E-state index is 0.252. The van der Waals surface area contributed by atoms with Crippen molar-refractivity contribution in [3.8, 4) is 0 Å². The molecule has 0 radical (unpaired) electrons. The average molecular weight is 418 g/mol. The van der Waals surface area contributed by atoms with Gasteiger partial charge in [0.25, 0.3) is 0 Å². The van der Waals surface area contributed by atoms with Crippen molar-refractivity contribution in [2.24, 2.45) is 4.99 Å². The third-order valence-corrected chi connectivity index (χ3v) is 6.04. The lowest BCUT2D eigenvalue weighted by atomic mass is 10.2.